The van der Waals surface area contributed by atoms with Gasteiger partial charge in [0.25, 0.3) is 0 Å². The van der Waals surface area contributed by atoms with Crippen LogP contribution in [-0.2, 0) is 5.41 Å². The van der Waals surface area contributed by atoms with Crippen LogP contribution in [0.1, 0.15) is 25.0 Å². The molecule has 10 aromatic rings. The molecule has 0 saturated carbocycles. The smallest absolute Gasteiger partial charge is 0.0465 e. The Morgan fingerprint density at radius 2 is 0.965 bits per heavy atom. The predicted octanol–water partition coefficient (Wildman–Crippen LogP) is 16.0. The summed E-state index contributed by atoms with van der Waals surface area (Å²) in [6, 6.07) is 73.7. The Hall–Kier alpha value is -6.74. The zero-order valence-electron chi connectivity index (χ0n) is 31.9. The molecule has 0 bridgehead atoms. The van der Waals surface area contributed by atoms with Crippen LogP contribution in [0.2, 0.25) is 0 Å². The third-order valence-corrected chi connectivity index (χ3v) is 13.3. The normalized spacial score (nSPS) is 12.9. The van der Waals surface area contributed by atoms with Gasteiger partial charge in [-0.15, -0.1) is 11.3 Å². The molecule has 2 heteroatoms. The van der Waals surface area contributed by atoms with E-state index >= 15 is 0 Å². The molecule has 57 heavy (non-hydrogen) atoms. The number of thiophene rings is 1. The van der Waals surface area contributed by atoms with E-state index in [1.165, 1.54) is 86.6 Å². The van der Waals surface area contributed by atoms with E-state index in [1.807, 2.05) is 11.3 Å². The molecule has 0 fully saturated rings. The Labute approximate surface area is 337 Å². The number of nitrogens with zero attached hydrogens (tertiary/aromatic N) is 1. The molecule has 0 saturated heterocycles. The van der Waals surface area contributed by atoms with Crippen LogP contribution in [0.25, 0.3) is 75.5 Å². The Balaban J connectivity index is 1.11. The van der Waals surface area contributed by atoms with Crippen LogP contribution < -0.4 is 4.90 Å². The average molecular weight is 746 g/mol. The van der Waals surface area contributed by atoms with Gasteiger partial charge >= 0.3 is 0 Å². The lowest BCUT2D eigenvalue weighted by Crippen LogP contribution is -2.24. The van der Waals surface area contributed by atoms with Gasteiger partial charge in [-0.25, -0.2) is 0 Å². The second kappa shape index (κ2) is 13.2. The van der Waals surface area contributed by atoms with Crippen molar-refractivity contribution in [2.75, 3.05) is 4.90 Å². The van der Waals surface area contributed by atoms with Crippen molar-refractivity contribution in [1.82, 2.24) is 0 Å². The number of fused-ring (bicyclic) bond motifs is 5. The summed E-state index contributed by atoms with van der Waals surface area (Å²) in [5.41, 5.74) is 15.9. The van der Waals surface area contributed by atoms with E-state index in [-0.39, 0.29) is 5.41 Å². The van der Waals surface area contributed by atoms with Gasteiger partial charge in [-0.3, -0.25) is 0 Å². The summed E-state index contributed by atoms with van der Waals surface area (Å²) in [6.45, 7) is 4.81. The van der Waals surface area contributed by atoms with Gasteiger partial charge in [0.1, 0.15) is 0 Å². The number of benzene rings is 9. The molecule has 1 heterocycles. The van der Waals surface area contributed by atoms with Gasteiger partial charge in [-0.05, 0) is 103 Å². The molecule has 0 N–H and O–H groups in total. The van der Waals surface area contributed by atoms with Crippen LogP contribution in [0.15, 0.2) is 200 Å². The molecule has 1 aliphatic rings. The monoisotopic (exact) mass is 745 g/mol. The van der Waals surface area contributed by atoms with Crippen LogP contribution in [0.4, 0.5) is 17.1 Å². The zero-order valence-corrected chi connectivity index (χ0v) is 32.7. The Kier molecular flexibility index (Phi) is 7.77. The predicted molar refractivity (Wildman–Crippen MR) is 245 cm³/mol. The third kappa shape index (κ3) is 5.44. The molecule has 0 radical (unpaired) electrons. The van der Waals surface area contributed by atoms with Gasteiger partial charge in [0.15, 0.2) is 0 Å². The van der Waals surface area contributed by atoms with Crippen LogP contribution in [-0.4, -0.2) is 0 Å². The molecule has 0 atom stereocenters. The van der Waals surface area contributed by atoms with Crippen molar-refractivity contribution < 1.29 is 0 Å². The first-order chi connectivity index (χ1) is 28.0. The van der Waals surface area contributed by atoms with E-state index in [4.69, 9.17) is 0 Å². The first-order valence-electron chi connectivity index (χ1n) is 19.8. The van der Waals surface area contributed by atoms with E-state index in [9.17, 15) is 0 Å². The van der Waals surface area contributed by atoms with Crippen molar-refractivity contribution in [2.24, 2.45) is 0 Å². The van der Waals surface area contributed by atoms with Crippen molar-refractivity contribution in [3.63, 3.8) is 0 Å². The lowest BCUT2D eigenvalue weighted by atomic mass is 9.67. The van der Waals surface area contributed by atoms with Gasteiger partial charge < -0.3 is 4.90 Å². The fraction of sp³-hybridized carbons (Fsp3) is 0.0545. The van der Waals surface area contributed by atoms with Gasteiger partial charge in [-0.1, -0.05) is 172 Å². The number of hydrogen-bond acceptors (Lipinski definition) is 2. The molecule has 0 unspecified atom stereocenters. The Morgan fingerprint density at radius 1 is 0.404 bits per heavy atom. The summed E-state index contributed by atoms with van der Waals surface area (Å²) in [5.74, 6) is 0. The summed E-state index contributed by atoms with van der Waals surface area (Å²) in [7, 11) is 0. The molecule has 1 aromatic heterocycles. The molecule has 11 rings (SSSR count). The Morgan fingerprint density at radius 3 is 1.65 bits per heavy atom. The van der Waals surface area contributed by atoms with Crippen molar-refractivity contribution in [1.29, 1.82) is 0 Å². The SMILES string of the molecule is CC1(C)c2cc(N(c3ccc(-c4ccccc4)cc3)c3ccc(-c4ccccc4)cc3)ccc2-c2c(-c3cccc4c3sc3ccccc34)ccc3cccc1c23. The summed E-state index contributed by atoms with van der Waals surface area (Å²) >= 11 is 1.90. The quantitative estimate of drug-likeness (QED) is 0.164. The van der Waals surface area contributed by atoms with E-state index in [2.05, 4.69) is 219 Å². The molecule has 0 spiro atoms. The minimum Gasteiger partial charge on any atom is -0.310 e. The maximum Gasteiger partial charge on any atom is 0.0465 e. The standard InChI is InChI=1S/C55H39NS/c1-55(2)49-21-11-17-40-27-33-45(47-20-12-19-46-44-18-9-10-22-51(44)57-54(46)47)53(52(40)49)48-34-32-43(35-50(48)55)56(41-28-23-38(24-29-41)36-13-5-3-6-14-36)42-30-25-39(26-31-42)37-15-7-4-8-16-37/h3-35H,1-2H3. The maximum atomic E-state index is 2.46. The fourth-order valence-corrected chi connectivity index (χ4v) is 10.5. The summed E-state index contributed by atoms with van der Waals surface area (Å²) in [6.07, 6.45) is 0. The minimum atomic E-state index is -0.236. The molecule has 1 nitrogen and oxygen atoms in total. The molecule has 0 amide bonds. The van der Waals surface area contributed by atoms with E-state index in [0.29, 0.717) is 0 Å². The third-order valence-electron chi connectivity index (χ3n) is 12.1. The average Bonchev–Trinajstić information content (AvgIpc) is 3.66. The fourth-order valence-electron chi connectivity index (χ4n) is 9.23. The van der Waals surface area contributed by atoms with Crippen LogP contribution in [0.3, 0.4) is 0 Å². The summed E-state index contributed by atoms with van der Waals surface area (Å²) in [4.78, 5) is 2.42. The highest BCUT2D eigenvalue weighted by Crippen LogP contribution is 2.54. The van der Waals surface area contributed by atoms with E-state index < -0.39 is 0 Å². The van der Waals surface area contributed by atoms with Gasteiger partial charge in [0.05, 0.1) is 0 Å². The van der Waals surface area contributed by atoms with Crippen molar-refractivity contribution in [2.45, 2.75) is 19.3 Å². The van der Waals surface area contributed by atoms with Crippen molar-refractivity contribution in [3.8, 4) is 44.5 Å². The number of rotatable bonds is 6. The maximum absolute atomic E-state index is 2.46. The van der Waals surface area contributed by atoms with E-state index in [1.54, 1.807) is 0 Å². The highest BCUT2D eigenvalue weighted by Gasteiger charge is 2.35. The zero-order chi connectivity index (χ0) is 38.1. The van der Waals surface area contributed by atoms with Crippen LogP contribution in [0.5, 0.6) is 0 Å². The highest BCUT2D eigenvalue weighted by molar-refractivity contribution is 7.26. The molecule has 9 aromatic carbocycles. The molecular weight excluding hydrogens is 707 g/mol. The lowest BCUT2D eigenvalue weighted by Gasteiger charge is -2.37. The van der Waals surface area contributed by atoms with Gasteiger partial charge in [0.2, 0.25) is 0 Å². The Bertz CT molecular complexity index is 3040. The summed E-state index contributed by atoms with van der Waals surface area (Å²) in [5, 5.41) is 5.31. The molecule has 270 valence electrons. The molecule has 1 aliphatic carbocycles. The first kappa shape index (κ1) is 33.6. The first-order valence-corrected chi connectivity index (χ1v) is 20.6. The second-order valence-corrected chi connectivity index (χ2v) is 16.7. The summed E-state index contributed by atoms with van der Waals surface area (Å²) < 4.78 is 2.67. The topological polar surface area (TPSA) is 3.24 Å². The minimum absolute atomic E-state index is 0.236. The van der Waals surface area contributed by atoms with Gasteiger partial charge in [-0.2, -0.15) is 0 Å². The van der Waals surface area contributed by atoms with Crippen LogP contribution in [0, 0.1) is 0 Å². The molecular formula is C55H39NS. The lowest BCUT2D eigenvalue weighted by molar-refractivity contribution is 0.645. The number of hydrogen-bond donors (Lipinski definition) is 0. The van der Waals surface area contributed by atoms with Crippen LogP contribution >= 0.6 is 11.3 Å². The van der Waals surface area contributed by atoms with Crippen molar-refractivity contribution >= 4 is 59.3 Å². The highest BCUT2D eigenvalue weighted by atomic mass is 32.1. The van der Waals surface area contributed by atoms with Gasteiger partial charge in [0, 0.05) is 48.2 Å². The largest absolute Gasteiger partial charge is 0.310 e. The molecule has 0 aliphatic heterocycles. The van der Waals surface area contributed by atoms with Crippen molar-refractivity contribution in [3.05, 3.63) is 211 Å². The van der Waals surface area contributed by atoms with E-state index in [0.717, 1.165) is 17.1 Å². The second-order valence-electron chi connectivity index (χ2n) is 15.7. The number of anilines is 3.